The van der Waals surface area contributed by atoms with Crippen LogP contribution in [0.2, 0.25) is 0 Å². The molecule has 0 aliphatic heterocycles. The van der Waals surface area contributed by atoms with Crippen LogP contribution in [0.5, 0.6) is 5.75 Å². The maximum absolute atomic E-state index is 11.8. The number of amides is 2. The first-order chi connectivity index (χ1) is 10.0. The summed E-state index contributed by atoms with van der Waals surface area (Å²) in [5, 5.41) is 5.39. The minimum Gasteiger partial charge on any atom is -0.492 e. The molecule has 0 heterocycles. The molecular weight excluding hydrogens is 270 g/mol. The molecule has 0 unspecified atom stereocenters. The molecule has 0 atom stereocenters. The second-order valence-corrected chi connectivity index (χ2v) is 4.81. The topological polar surface area (TPSA) is 70.7 Å². The van der Waals surface area contributed by atoms with Gasteiger partial charge in [-0.3, -0.25) is 9.59 Å². The van der Waals surface area contributed by atoms with Crippen molar-refractivity contribution in [2.24, 2.45) is 0 Å². The van der Waals surface area contributed by atoms with Gasteiger partial charge in [0, 0.05) is 13.1 Å². The van der Waals surface area contributed by atoms with E-state index in [1.54, 1.807) is 18.2 Å². The zero-order valence-electron chi connectivity index (χ0n) is 12.8. The number of carbonyl (C=O) groups excluding carboxylic acids is 2. The largest absolute Gasteiger partial charge is 0.492 e. The van der Waals surface area contributed by atoms with Crippen LogP contribution in [0.15, 0.2) is 24.3 Å². The lowest BCUT2D eigenvalue weighted by Crippen LogP contribution is -2.33. The van der Waals surface area contributed by atoms with Gasteiger partial charge in [-0.2, -0.15) is 0 Å². The first-order valence-corrected chi connectivity index (χ1v) is 6.96. The number of para-hydroxylation sites is 2. The lowest BCUT2D eigenvalue weighted by Gasteiger charge is -2.12. The summed E-state index contributed by atoms with van der Waals surface area (Å²) in [5.74, 6) is -0.0471. The highest BCUT2D eigenvalue weighted by Gasteiger charge is 2.11. The number of anilines is 1. The summed E-state index contributed by atoms with van der Waals surface area (Å²) in [5.41, 5.74) is 0.574. The zero-order valence-corrected chi connectivity index (χ0v) is 12.8. The molecule has 2 N–H and O–H groups in total. The average Bonchev–Trinajstić information content (AvgIpc) is 2.40. The molecule has 2 amide bonds. The van der Waals surface area contributed by atoms with Gasteiger partial charge < -0.3 is 20.3 Å². The van der Waals surface area contributed by atoms with Crippen LogP contribution in [0.3, 0.4) is 0 Å². The predicted molar refractivity (Wildman–Crippen MR) is 82.4 cm³/mol. The van der Waals surface area contributed by atoms with Gasteiger partial charge in [0.15, 0.2) is 0 Å². The maximum atomic E-state index is 11.8. The Morgan fingerprint density at radius 2 is 1.90 bits per heavy atom. The van der Waals surface area contributed by atoms with Crippen LogP contribution >= 0.6 is 0 Å². The Morgan fingerprint density at radius 1 is 1.19 bits per heavy atom. The number of hydrogen-bond donors (Lipinski definition) is 2. The first-order valence-electron chi connectivity index (χ1n) is 6.96. The molecule has 21 heavy (non-hydrogen) atoms. The van der Waals surface area contributed by atoms with Crippen LogP contribution < -0.4 is 15.4 Å². The smallest absolute Gasteiger partial charge is 0.233 e. The number of hydrogen-bond acceptors (Lipinski definition) is 4. The Balaban J connectivity index is 2.44. The van der Waals surface area contributed by atoms with Gasteiger partial charge in [0.05, 0.1) is 12.3 Å². The Hall–Kier alpha value is -2.08. The summed E-state index contributed by atoms with van der Waals surface area (Å²) in [6.45, 7) is 3.64. The van der Waals surface area contributed by atoms with E-state index in [0.29, 0.717) is 24.6 Å². The quantitative estimate of drug-likeness (QED) is 0.704. The van der Waals surface area contributed by atoms with E-state index in [1.165, 1.54) is 0 Å². The van der Waals surface area contributed by atoms with Crippen LogP contribution in [-0.4, -0.2) is 50.5 Å². The number of nitrogens with zero attached hydrogens (tertiary/aromatic N) is 1. The first kappa shape index (κ1) is 17.0. The second-order valence-electron chi connectivity index (χ2n) is 4.81. The summed E-state index contributed by atoms with van der Waals surface area (Å²) < 4.78 is 5.41. The van der Waals surface area contributed by atoms with Crippen molar-refractivity contribution < 1.29 is 14.3 Å². The Bertz CT molecular complexity index is 475. The second kappa shape index (κ2) is 8.97. The van der Waals surface area contributed by atoms with Crippen molar-refractivity contribution in [3.8, 4) is 5.75 Å². The summed E-state index contributed by atoms with van der Waals surface area (Å²) in [6.07, 6.45) is -0.201. The normalized spacial score (nSPS) is 10.3. The van der Waals surface area contributed by atoms with Crippen molar-refractivity contribution in [2.75, 3.05) is 39.1 Å². The molecule has 0 bridgehead atoms. The molecule has 0 saturated carbocycles. The van der Waals surface area contributed by atoms with Crippen LogP contribution in [0.1, 0.15) is 13.3 Å². The monoisotopic (exact) mass is 293 g/mol. The standard InChI is InChI=1S/C15H23N3O3/c1-4-21-13-8-6-5-7-12(13)17-15(20)11-14(19)16-9-10-18(2)3/h5-8H,4,9-11H2,1-3H3,(H,16,19)(H,17,20). The van der Waals surface area contributed by atoms with E-state index in [0.717, 1.165) is 6.54 Å². The molecule has 0 spiro atoms. The predicted octanol–water partition coefficient (Wildman–Crippen LogP) is 1.09. The summed E-state index contributed by atoms with van der Waals surface area (Å²) in [4.78, 5) is 25.4. The van der Waals surface area contributed by atoms with Gasteiger partial charge in [0.1, 0.15) is 12.2 Å². The molecule has 1 rings (SSSR count). The van der Waals surface area contributed by atoms with E-state index in [4.69, 9.17) is 4.74 Å². The van der Waals surface area contributed by atoms with Crippen LogP contribution in [0, 0.1) is 0 Å². The number of benzene rings is 1. The molecule has 6 heteroatoms. The maximum Gasteiger partial charge on any atom is 0.233 e. The molecule has 0 saturated heterocycles. The van der Waals surface area contributed by atoms with Crippen molar-refractivity contribution in [1.82, 2.24) is 10.2 Å². The molecule has 0 aliphatic rings. The van der Waals surface area contributed by atoms with E-state index in [9.17, 15) is 9.59 Å². The van der Waals surface area contributed by atoms with Gasteiger partial charge in [0.2, 0.25) is 11.8 Å². The fraction of sp³-hybridized carbons (Fsp3) is 0.467. The van der Waals surface area contributed by atoms with Gasteiger partial charge in [-0.05, 0) is 33.2 Å². The molecule has 0 aliphatic carbocycles. The minimum atomic E-state index is -0.357. The van der Waals surface area contributed by atoms with E-state index in [-0.39, 0.29) is 18.2 Å². The van der Waals surface area contributed by atoms with Gasteiger partial charge in [0.25, 0.3) is 0 Å². The lowest BCUT2D eigenvalue weighted by atomic mass is 10.2. The fourth-order valence-corrected chi connectivity index (χ4v) is 1.67. The average molecular weight is 293 g/mol. The van der Waals surface area contributed by atoms with Crippen LogP contribution in [0.25, 0.3) is 0 Å². The highest BCUT2D eigenvalue weighted by atomic mass is 16.5. The third-order valence-corrected chi connectivity index (χ3v) is 2.66. The summed E-state index contributed by atoms with van der Waals surface area (Å²) in [6, 6.07) is 7.15. The molecule has 0 radical (unpaired) electrons. The number of carbonyl (C=O) groups is 2. The Morgan fingerprint density at radius 3 is 2.57 bits per heavy atom. The highest BCUT2D eigenvalue weighted by Crippen LogP contribution is 2.23. The summed E-state index contributed by atoms with van der Waals surface area (Å²) in [7, 11) is 3.84. The fourth-order valence-electron chi connectivity index (χ4n) is 1.67. The van der Waals surface area contributed by atoms with E-state index in [2.05, 4.69) is 10.6 Å². The lowest BCUT2D eigenvalue weighted by molar-refractivity contribution is -0.126. The molecular formula is C15H23N3O3. The van der Waals surface area contributed by atoms with Crippen LogP contribution in [0.4, 0.5) is 5.69 Å². The van der Waals surface area contributed by atoms with E-state index < -0.39 is 0 Å². The molecule has 116 valence electrons. The van der Waals surface area contributed by atoms with Gasteiger partial charge in [-0.15, -0.1) is 0 Å². The van der Waals surface area contributed by atoms with E-state index in [1.807, 2.05) is 32.0 Å². The number of ether oxygens (including phenoxy) is 1. The third kappa shape index (κ3) is 6.76. The molecule has 6 nitrogen and oxygen atoms in total. The molecule has 1 aromatic carbocycles. The van der Waals surface area contributed by atoms with Gasteiger partial charge in [-0.1, -0.05) is 12.1 Å². The van der Waals surface area contributed by atoms with Gasteiger partial charge in [-0.25, -0.2) is 0 Å². The number of rotatable bonds is 8. The van der Waals surface area contributed by atoms with Crippen LogP contribution in [-0.2, 0) is 9.59 Å². The minimum absolute atomic E-state index is 0.201. The Kier molecular flexibility index (Phi) is 7.25. The van der Waals surface area contributed by atoms with E-state index >= 15 is 0 Å². The zero-order chi connectivity index (χ0) is 15.7. The van der Waals surface area contributed by atoms with Crippen molar-refractivity contribution in [2.45, 2.75) is 13.3 Å². The molecule has 1 aromatic rings. The third-order valence-electron chi connectivity index (χ3n) is 2.66. The summed E-state index contributed by atoms with van der Waals surface area (Å²) >= 11 is 0. The Labute approximate surface area is 125 Å². The van der Waals surface area contributed by atoms with Crippen molar-refractivity contribution in [1.29, 1.82) is 0 Å². The molecule has 0 fully saturated rings. The number of nitrogens with one attached hydrogen (secondary N) is 2. The van der Waals surface area contributed by atoms with Crippen molar-refractivity contribution in [3.63, 3.8) is 0 Å². The van der Waals surface area contributed by atoms with Gasteiger partial charge >= 0.3 is 0 Å². The van der Waals surface area contributed by atoms with Crippen molar-refractivity contribution in [3.05, 3.63) is 24.3 Å². The SMILES string of the molecule is CCOc1ccccc1NC(=O)CC(=O)NCCN(C)C. The van der Waals surface area contributed by atoms with Crippen molar-refractivity contribution >= 4 is 17.5 Å². The molecule has 0 aromatic heterocycles. The highest BCUT2D eigenvalue weighted by molar-refractivity contribution is 6.04. The number of likely N-dealkylation sites (N-methyl/N-ethyl adjacent to an activating group) is 1.